The maximum Gasteiger partial charge on any atom is 0.273 e. The van der Waals surface area contributed by atoms with E-state index in [4.69, 9.17) is 16.3 Å². The lowest BCUT2D eigenvalue weighted by Crippen LogP contribution is -2.61. The number of nitrogens with zero attached hydrogens (tertiary/aromatic N) is 9. The zero-order valence-corrected chi connectivity index (χ0v) is 73.9. The number of allylic oxidation sites excluding steroid dienone is 8. The molecular weight excluding hydrogens is 1560 g/mol. The van der Waals surface area contributed by atoms with Crippen LogP contribution in [0, 0.1) is 39.7 Å². The highest BCUT2D eigenvalue weighted by Crippen LogP contribution is 2.53. The third kappa shape index (κ3) is 27.7. The molecule has 1 aromatic carbocycles. The minimum absolute atomic E-state index is 0.00303. The van der Waals surface area contributed by atoms with Crippen molar-refractivity contribution in [3.05, 3.63) is 92.6 Å². The Hall–Kier alpha value is -8.72. The van der Waals surface area contributed by atoms with Crippen molar-refractivity contribution in [3.63, 3.8) is 0 Å². The Morgan fingerprint density at radius 3 is 1.68 bits per heavy atom. The second-order valence-electron chi connectivity index (χ2n) is 33.6. The molecule has 11 amide bonds. The molecule has 0 spiro atoms. The molecule has 5 rings (SSSR count). The lowest BCUT2D eigenvalue weighted by Gasteiger charge is -2.38. The number of hydrogen-bond acceptors (Lipinski definition) is 19. The van der Waals surface area contributed by atoms with Gasteiger partial charge < -0.3 is 70.1 Å². The summed E-state index contributed by atoms with van der Waals surface area (Å²) in [4.78, 5) is 197. The van der Waals surface area contributed by atoms with Gasteiger partial charge in [-0.25, -0.2) is 8.42 Å². The van der Waals surface area contributed by atoms with E-state index in [9.17, 15) is 62.3 Å². The number of halogens is 1. The predicted molar refractivity (Wildman–Crippen MR) is 448 cm³/mol. The maximum absolute atomic E-state index is 15.7. The van der Waals surface area contributed by atoms with Crippen LogP contribution in [0.3, 0.4) is 0 Å². The van der Waals surface area contributed by atoms with Crippen LogP contribution in [0.4, 0.5) is 5.69 Å². The number of non-ortho nitro benzene ring substituents is 1. The van der Waals surface area contributed by atoms with Crippen LogP contribution in [0.2, 0.25) is 0 Å². The van der Waals surface area contributed by atoms with Gasteiger partial charge in [0.2, 0.25) is 74.8 Å². The number of nitro benzene ring substituents is 1. The summed E-state index contributed by atoms with van der Waals surface area (Å²) in [5.41, 5.74) is 4.96. The number of fused-ring (bicyclic) bond motifs is 4. The van der Waals surface area contributed by atoms with Gasteiger partial charge in [0.25, 0.3) is 10.8 Å². The third-order valence-electron chi connectivity index (χ3n) is 22.6. The molecule has 2 unspecified atom stereocenters. The number of carbonyl (C=O) groups is 12. The molecule has 1 aromatic rings. The summed E-state index contributed by atoms with van der Waals surface area (Å²) in [6.45, 7) is 21.9. The normalized spacial score (nSPS) is 16.9. The fourth-order valence-electron chi connectivity index (χ4n) is 15.9. The third-order valence-corrected chi connectivity index (χ3v) is 24.5. The fraction of sp³-hybridized carbons (Fsp3) is 0.671. The molecule has 1 heterocycles. The zero-order valence-electron chi connectivity index (χ0n) is 72.3. The van der Waals surface area contributed by atoms with E-state index in [1.54, 1.807) is 32.6 Å². The number of piperidine rings is 1. The summed E-state index contributed by atoms with van der Waals surface area (Å²) >= 11 is 6.51. The lowest BCUT2D eigenvalue weighted by molar-refractivity contribution is -0.384. The first-order chi connectivity index (χ1) is 55.4. The smallest absolute Gasteiger partial charge is 0.273 e. The Kier molecular flexibility index (Phi) is 39.6. The molecular formula is C85H131ClN12O19S. The SMILES string of the molecule is C=C/C=C(Cl)\C=C\C[C@@H](C(=O)N[C@@H](CC(C)C)C(=O)N(C)[C@@H](CCC1C2=C3CCC(=C1CC2)C3)C(=O)N(C)[C@@H](CC(C)C)C(=O)S(=O)(=O)c1ccc([N+](=O)[O-])cc1)N(C)C(=O)[C@H](CC(C)C)N(C)C(=O)[C@H](COCCO)NC(=O)[C@H](C)N(C)C(=O)CC(NC(=O)[C@H](CC(C)C)N(C)C(=O)CN(CCC)C(=O)CC(C)O)C(=O)N1CCCCC1. The second-order valence-corrected chi connectivity index (χ2v) is 35.9. The minimum atomic E-state index is -4.88. The zero-order chi connectivity index (χ0) is 88.5. The van der Waals surface area contributed by atoms with Gasteiger partial charge in [-0.2, -0.15) is 0 Å². The Morgan fingerprint density at radius 1 is 0.627 bits per heavy atom. The second kappa shape index (κ2) is 46.7. The van der Waals surface area contributed by atoms with Crippen LogP contribution in [0.25, 0.3) is 0 Å². The summed E-state index contributed by atoms with van der Waals surface area (Å²) in [6.07, 6.45) is 11.5. The number of hydrogen-bond donors (Lipinski definition) is 5. The van der Waals surface area contributed by atoms with Gasteiger partial charge in [-0.15, -0.1) is 0 Å². The molecule has 3 fully saturated rings. The molecule has 1 saturated heterocycles. The highest BCUT2D eigenvalue weighted by molar-refractivity contribution is 8.06. The van der Waals surface area contributed by atoms with Crippen molar-refractivity contribution in [1.29, 1.82) is 0 Å². The Morgan fingerprint density at radius 2 is 1.14 bits per heavy atom. The number of aliphatic hydroxyl groups excluding tert-OH is 2. The van der Waals surface area contributed by atoms with E-state index in [0.717, 1.165) is 82.4 Å². The van der Waals surface area contributed by atoms with Gasteiger partial charge in [-0.3, -0.25) is 67.6 Å². The molecule has 1 aliphatic heterocycles. The first-order valence-corrected chi connectivity index (χ1v) is 43.3. The van der Waals surface area contributed by atoms with Crippen LogP contribution in [-0.2, 0) is 72.1 Å². The molecule has 0 radical (unpaired) electrons. The average molecular weight is 1690 g/mol. The Labute approximate surface area is 702 Å². The summed E-state index contributed by atoms with van der Waals surface area (Å²) < 4.78 is 34.1. The summed E-state index contributed by atoms with van der Waals surface area (Å²) in [5, 5.41) is 38.6. The maximum atomic E-state index is 15.7. The van der Waals surface area contributed by atoms with E-state index in [1.165, 1.54) is 117 Å². The van der Waals surface area contributed by atoms with Gasteiger partial charge in [0.1, 0.15) is 54.4 Å². The van der Waals surface area contributed by atoms with Crippen LogP contribution in [0.1, 0.15) is 192 Å². The Balaban J connectivity index is 1.47. The number of likely N-dealkylation sites (tertiary alicyclic amines) is 1. The molecule has 118 heavy (non-hydrogen) atoms. The topological polar surface area (TPSA) is 394 Å². The van der Waals surface area contributed by atoms with E-state index in [-0.39, 0.29) is 99.3 Å². The summed E-state index contributed by atoms with van der Waals surface area (Å²) in [5.74, 6) is -9.11. The standard InChI is InChI=1S/C85H131ClN12O19S/c1-19-25-60(86)26-24-27-69(78(105)87-66(43-52(3)4)80(107)93(16)70(37-36-65-63-34-35-64(65)59-29-28-58(63)48-59)83(110)95(18)73(46-55(9)10)85(112)118(115,116)62-32-30-61(31-33-62)98(113)114)92(15)84(111)72(45-54(7)8)94(17)81(108)68(51-117-42-41-99)89-77(104)57(12)90(13)74(101)49-67(82(109)96-39-22-21-23-40-96)88-79(106)71(44-53(5)6)91(14)76(103)50-97(38-20-2)75(102)47-56(11)100/h19,24-26,30-33,52-57,65-73,99-100H,1,20-23,27-29,34-51H2,2-18H3,(H,87,105)(H,88,106)(H,89,104)/b26-24+,60-25+/t56?,57-,66-,67?,68-,69-,70-,71-,72-,73-/m0/s1. The molecule has 5 N–H and O–H groups in total. The van der Waals surface area contributed by atoms with Crippen LogP contribution < -0.4 is 16.0 Å². The van der Waals surface area contributed by atoms with Crippen LogP contribution in [-0.4, -0.2) is 282 Å². The number of likely N-dealkylation sites (N-methyl/N-ethyl adjacent to an activating group) is 6. The van der Waals surface area contributed by atoms with Gasteiger partial charge in [0.05, 0.1) is 55.1 Å². The number of sulfone groups is 1. The lowest BCUT2D eigenvalue weighted by atomic mass is 9.83. The van der Waals surface area contributed by atoms with Crippen LogP contribution in [0.5, 0.6) is 0 Å². The number of rotatable bonds is 47. The van der Waals surface area contributed by atoms with Gasteiger partial charge in [-0.05, 0) is 165 Å². The predicted octanol–water partition coefficient (Wildman–Crippen LogP) is 7.17. The van der Waals surface area contributed by atoms with Crippen molar-refractivity contribution in [3.8, 4) is 0 Å². The van der Waals surface area contributed by atoms with Crippen molar-refractivity contribution >= 4 is 97.2 Å². The number of carbonyl (C=O) groups excluding carboxylic acids is 12. The van der Waals surface area contributed by atoms with Gasteiger partial charge >= 0.3 is 0 Å². The number of benzene rings is 1. The first-order valence-electron chi connectivity index (χ1n) is 41.5. The van der Waals surface area contributed by atoms with E-state index in [0.29, 0.717) is 38.8 Å². The van der Waals surface area contributed by atoms with Gasteiger partial charge in [-0.1, -0.05) is 115 Å². The Bertz CT molecular complexity index is 3960. The molecule has 33 heteroatoms. The monoisotopic (exact) mass is 1690 g/mol. The summed E-state index contributed by atoms with van der Waals surface area (Å²) in [6, 6.07) is -8.98. The molecule has 4 bridgehead atoms. The van der Waals surface area contributed by atoms with E-state index < -0.39 is 176 Å². The molecule has 2 saturated carbocycles. The number of amides is 11. The quantitative estimate of drug-likeness (QED) is 0.0142. The molecule has 0 aromatic heterocycles. The van der Waals surface area contributed by atoms with Crippen molar-refractivity contribution in [2.75, 3.05) is 88.3 Å². The van der Waals surface area contributed by atoms with Crippen molar-refractivity contribution in [2.24, 2.45) is 29.6 Å². The van der Waals surface area contributed by atoms with E-state index in [2.05, 4.69) is 22.5 Å². The molecule has 31 nitrogen and oxygen atoms in total. The largest absolute Gasteiger partial charge is 0.394 e. The molecule has 658 valence electrons. The highest BCUT2D eigenvalue weighted by atomic mass is 35.5. The number of aliphatic hydroxyl groups is 2. The van der Waals surface area contributed by atoms with E-state index >= 15 is 24.0 Å². The number of nitro groups is 1. The van der Waals surface area contributed by atoms with Crippen molar-refractivity contribution in [2.45, 2.75) is 257 Å². The van der Waals surface area contributed by atoms with Crippen molar-refractivity contribution < 1.29 is 85.8 Å². The van der Waals surface area contributed by atoms with Crippen molar-refractivity contribution in [1.82, 2.24) is 55.1 Å². The molecule has 10 atom stereocenters. The van der Waals surface area contributed by atoms with Crippen LogP contribution >= 0.6 is 11.6 Å². The minimum Gasteiger partial charge on any atom is -0.394 e. The van der Waals surface area contributed by atoms with Gasteiger partial charge in [0, 0.05) is 85.0 Å². The number of ether oxygens (including phenoxy) is 1. The first kappa shape index (κ1) is 99.8. The van der Waals surface area contributed by atoms with Gasteiger partial charge in [0.15, 0.2) is 0 Å². The average Bonchev–Trinajstić information content (AvgIpc) is 1.60. The molecule has 4 aliphatic rings. The highest BCUT2D eigenvalue weighted by Gasteiger charge is 2.46. The van der Waals surface area contributed by atoms with E-state index in [1.807, 2.05) is 34.6 Å². The fourth-order valence-corrected chi connectivity index (χ4v) is 17.4. The molecule has 3 aliphatic carbocycles. The summed E-state index contributed by atoms with van der Waals surface area (Å²) in [7, 11) is 3.24. The number of nitrogens with one attached hydrogen (secondary N) is 3. The van der Waals surface area contributed by atoms with Crippen LogP contribution in [0.15, 0.2) is 87.4 Å².